The van der Waals surface area contributed by atoms with Gasteiger partial charge in [-0.1, -0.05) is 64.2 Å². The summed E-state index contributed by atoms with van der Waals surface area (Å²) in [5.41, 5.74) is -2.96. The highest BCUT2D eigenvalue weighted by atomic mass is 32.2. The molecule has 0 radical (unpaired) electrons. The van der Waals surface area contributed by atoms with Gasteiger partial charge < -0.3 is 29.6 Å². The third-order valence-electron chi connectivity index (χ3n) is 15.6. The van der Waals surface area contributed by atoms with Crippen LogP contribution in [0.2, 0.25) is 0 Å². The molecule has 2 fully saturated rings. The maximum atomic E-state index is 14.3. The van der Waals surface area contributed by atoms with Crippen LogP contribution in [0.25, 0.3) is 11.4 Å². The Bertz CT molecular complexity index is 3280. The molecule has 6 rings (SSSR count). The van der Waals surface area contributed by atoms with Crippen LogP contribution in [0, 0.1) is 36.5 Å². The van der Waals surface area contributed by atoms with Crippen molar-refractivity contribution in [3.8, 4) is 11.4 Å². The van der Waals surface area contributed by atoms with Crippen molar-refractivity contribution in [1.29, 1.82) is 0 Å². The molecule has 474 valence electrons. The van der Waals surface area contributed by atoms with E-state index in [1.807, 2.05) is 0 Å². The normalized spacial score (nSPS) is 15.5. The maximum Gasteiger partial charge on any atom is 0.417 e. The monoisotopic (exact) mass is 1240 g/mol. The van der Waals surface area contributed by atoms with Crippen molar-refractivity contribution >= 4 is 43.8 Å². The molecule has 0 bridgehead atoms. The van der Waals surface area contributed by atoms with Gasteiger partial charge in [-0.15, -0.1) is 0 Å². The van der Waals surface area contributed by atoms with Gasteiger partial charge in [0.1, 0.15) is 0 Å². The van der Waals surface area contributed by atoms with Crippen molar-refractivity contribution in [2.75, 3.05) is 20.2 Å². The number of carboxylic acids is 1. The Morgan fingerprint density at radius 1 is 0.565 bits per heavy atom. The van der Waals surface area contributed by atoms with Gasteiger partial charge in [0.15, 0.2) is 0 Å². The fraction of sp³-hybridized carbons (Fsp3) is 0.607. The van der Waals surface area contributed by atoms with Gasteiger partial charge in [0.05, 0.1) is 50.0 Å². The van der Waals surface area contributed by atoms with Crippen LogP contribution in [0.4, 0.5) is 26.3 Å². The van der Waals surface area contributed by atoms with E-state index in [0.717, 1.165) is 88.5 Å². The number of hydrogen-bond acceptors (Lipinski definition) is 9. The van der Waals surface area contributed by atoms with Gasteiger partial charge >= 0.3 is 24.3 Å². The number of carbonyl (C=O) groups excluding carboxylic acids is 3. The predicted octanol–water partition coefficient (Wildman–Crippen LogP) is 12.6. The largest absolute Gasteiger partial charge is 0.481 e. The minimum Gasteiger partial charge on any atom is -0.481 e. The van der Waals surface area contributed by atoms with Gasteiger partial charge in [0.25, 0.3) is 11.8 Å². The summed E-state index contributed by atoms with van der Waals surface area (Å²) in [7, 11) is -7.68. The first kappa shape index (κ1) is 70.0. The van der Waals surface area contributed by atoms with Crippen LogP contribution < -0.4 is 20.1 Å². The van der Waals surface area contributed by atoms with Crippen LogP contribution >= 0.6 is 0 Å². The molecule has 0 saturated heterocycles. The summed E-state index contributed by atoms with van der Waals surface area (Å²) in [6.07, 6.45) is 5.18. The molecule has 24 heteroatoms. The topological polar surface area (TPSA) is 224 Å². The summed E-state index contributed by atoms with van der Waals surface area (Å²) < 4.78 is 150. The number of sulfonamides is 2. The summed E-state index contributed by atoms with van der Waals surface area (Å²) in [5, 5.41) is 14.9. The number of aliphatic carboxylic acids is 1. The molecule has 4 aromatic rings. The first-order valence-corrected chi connectivity index (χ1v) is 31.8. The summed E-state index contributed by atoms with van der Waals surface area (Å²) >= 11 is 0. The molecule has 5 N–H and O–H groups in total. The number of halogens is 6. The predicted molar refractivity (Wildman–Crippen MR) is 313 cm³/mol. The molecule has 2 saturated carbocycles. The highest BCUT2D eigenvalue weighted by Crippen LogP contribution is 2.40. The lowest BCUT2D eigenvalue weighted by Crippen LogP contribution is -2.41. The molecule has 2 aromatic carbocycles. The SMILES string of the molecule is COC(=O)C(C)(C)CCNC(=O)c1cn(-c2ccc(S(=O)(=O)NC(C)(C)C)c(C(F)(F)F)c2)c(CC2CCCCC2)c1C.Cc1c(C(=O)NCCC(C)(C)C(=O)O)cn(-c2ccc(S(=O)(=O)NC(C)(C)C)c(C(F)(F)F)c2)c1CC1CCCCC1. The van der Waals surface area contributed by atoms with Crippen LogP contribution in [0.5, 0.6) is 0 Å². The third-order valence-corrected chi connectivity index (χ3v) is 19.2. The Kier molecular flexibility index (Phi) is 22.4. The van der Waals surface area contributed by atoms with E-state index in [1.165, 1.54) is 31.6 Å². The molecule has 2 heterocycles. The number of esters is 1. The lowest BCUT2D eigenvalue weighted by atomic mass is 9.85. The van der Waals surface area contributed by atoms with E-state index in [1.54, 1.807) is 92.2 Å². The van der Waals surface area contributed by atoms with Crippen LogP contribution in [0.1, 0.15) is 201 Å². The molecule has 0 spiro atoms. The molecule has 16 nitrogen and oxygen atoms in total. The van der Waals surface area contributed by atoms with E-state index in [9.17, 15) is 67.5 Å². The maximum absolute atomic E-state index is 14.3. The fourth-order valence-corrected chi connectivity index (χ4v) is 14.1. The number of ether oxygens (including phenoxy) is 1. The quantitative estimate of drug-likeness (QED) is 0.0416. The zero-order valence-corrected chi connectivity index (χ0v) is 52.8. The number of carbonyl (C=O) groups is 4. The third kappa shape index (κ3) is 18.6. The van der Waals surface area contributed by atoms with Gasteiger partial charge in [-0.3, -0.25) is 19.2 Å². The summed E-state index contributed by atoms with van der Waals surface area (Å²) in [5.74, 6) is -1.64. The van der Waals surface area contributed by atoms with Crippen molar-refractivity contribution in [3.63, 3.8) is 0 Å². The zero-order valence-electron chi connectivity index (χ0n) is 51.2. The van der Waals surface area contributed by atoms with E-state index < -0.39 is 99.0 Å². The number of nitrogens with one attached hydrogen (secondary N) is 4. The Balaban J connectivity index is 0.000000311. The van der Waals surface area contributed by atoms with Gasteiger partial charge in [0.2, 0.25) is 20.0 Å². The molecule has 2 amide bonds. The van der Waals surface area contributed by atoms with Crippen LogP contribution in [-0.2, 0) is 59.6 Å². The van der Waals surface area contributed by atoms with Crippen molar-refractivity contribution < 1.29 is 72.2 Å². The summed E-state index contributed by atoms with van der Waals surface area (Å²) in [4.78, 5) is 48.3. The van der Waals surface area contributed by atoms with E-state index in [4.69, 9.17) is 4.74 Å². The minimum absolute atomic E-state index is 0.0944. The highest BCUT2D eigenvalue weighted by Gasteiger charge is 2.41. The number of benzene rings is 2. The Labute approximate surface area is 497 Å². The minimum atomic E-state index is -4.96. The highest BCUT2D eigenvalue weighted by molar-refractivity contribution is 7.90. The lowest BCUT2D eigenvalue weighted by molar-refractivity contribution is -0.151. The Hall–Kier alpha value is -5.72. The second kappa shape index (κ2) is 27.1. The van der Waals surface area contributed by atoms with E-state index in [2.05, 4.69) is 20.1 Å². The van der Waals surface area contributed by atoms with Gasteiger partial charge in [-0.2, -0.15) is 26.3 Å². The molecule has 0 unspecified atom stereocenters. The van der Waals surface area contributed by atoms with Crippen LogP contribution in [-0.4, -0.2) is 86.1 Å². The van der Waals surface area contributed by atoms with Gasteiger partial charge in [0, 0.05) is 59.3 Å². The number of carboxylic acid groups (broad SMARTS) is 1. The number of amides is 2. The van der Waals surface area contributed by atoms with Crippen LogP contribution in [0.3, 0.4) is 0 Å². The van der Waals surface area contributed by atoms with E-state index >= 15 is 0 Å². The Morgan fingerprint density at radius 3 is 1.21 bits per heavy atom. The smallest absolute Gasteiger partial charge is 0.417 e. The molecule has 2 aliphatic carbocycles. The molecule has 85 heavy (non-hydrogen) atoms. The zero-order chi connectivity index (χ0) is 64.1. The van der Waals surface area contributed by atoms with Crippen molar-refractivity contribution in [1.82, 2.24) is 29.2 Å². The van der Waals surface area contributed by atoms with Crippen molar-refractivity contribution in [2.45, 2.75) is 206 Å². The van der Waals surface area contributed by atoms with Crippen molar-refractivity contribution in [3.05, 3.63) is 93.6 Å². The second-order valence-corrected chi connectivity index (χ2v) is 29.3. The van der Waals surface area contributed by atoms with E-state index in [-0.39, 0.29) is 36.4 Å². The molecule has 0 aliphatic heterocycles. The summed E-state index contributed by atoms with van der Waals surface area (Å²) in [6, 6.07) is 6.25. The van der Waals surface area contributed by atoms with Crippen molar-refractivity contribution in [2.24, 2.45) is 22.7 Å². The lowest BCUT2D eigenvalue weighted by Gasteiger charge is -2.24. The average Bonchev–Trinajstić information content (AvgIpc) is 2.08. The molecule has 2 aliphatic rings. The molecular formula is C61H86F6N6O10S2. The van der Waals surface area contributed by atoms with E-state index in [0.29, 0.717) is 59.2 Å². The number of rotatable bonds is 20. The first-order chi connectivity index (χ1) is 39.0. The number of hydrogen-bond donors (Lipinski definition) is 5. The fourth-order valence-electron chi connectivity index (χ4n) is 10.8. The summed E-state index contributed by atoms with van der Waals surface area (Å²) in [6.45, 7) is 19.7. The first-order valence-electron chi connectivity index (χ1n) is 28.8. The van der Waals surface area contributed by atoms with Gasteiger partial charge in [-0.25, -0.2) is 26.3 Å². The molecular weight excluding hydrogens is 1150 g/mol. The van der Waals surface area contributed by atoms with Crippen LogP contribution in [0.15, 0.2) is 58.6 Å². The molecule has 0 atom stereocenters. The number of alkyl halides is 6. The standard InChI is InChI=1S/C31H44F3N3O5S.C30H42F3N3O5S/c1-20-23(27(38)35-16-15-30(5,6)28(39)42-7)19-37(25(20)17-21-11-9-8-10-12-21)22-13-14-26(24(18-22)31(32,33)34)43(40,41)36-29(2,3)4;1-19-22(26(37)34-15-14-29(5,6)27(38)39)18-36(24(19)16-20-10-8-7-9-11-20)21-12-13-25(23(17-21)30(31,32)33)42(40,41)35-28(2,3)4/h13-14,18-19,21,36H,8-12,15-17H2,1-7H3,(H,35,38);12-13,17-18,20,35H,7-11,14-16H2,1-6H3,(H,34,37)(H,38,39). The average molecular weight is 1240 g/mol. The molecule has 2 aromatic heterocycles. The Morgan fingerprint density at radius 2 is 0.906 bits per heavy atom. The van der Waals surface area contributed by atoms with Gasteiger partial charge in [-0.05, 0) is 168 Å². The second-order valence-electron chi connectivity index (χ2n) is 26.0. The number of methoxy groups -OCH3 is 1. The number of nitrogens with zero attached hydrogens (tertiary/aromatic N) is 2. The number of aromatic nitrogens is 2.